The number of hydrogen-bond acceptors (Lipinski definition) is 23. The van der Waals surface area contributed by atoms with Crippen LogP contribution >= 0.6 is 0 Å². The van der Waals surface area contributed by atoms with Crippen LogP contribution in [0.15, 0.2) is 114 Å². The third-order valence-corrected chi connectivity index (χ3v) is 14.1. The normalized spacial score (nSPS) is 11.6. The number of rotatable bonds is 12. The first-order valence-electron chi connectivity index (χ1n) is 17.4. The quantitative estimate of drug-likeness (QED) is 0.0489. The van der Waals surface area contributed by atoms with Crippen LogP contribution in [0.3, 0.4) is 0 Å². The maximum atomic E-state index is 13.4. The Bertz CT molecular complexity index is 3700. The van der Waals surface area contributed by atoms with Gasteiger partial charge >= 0.3 is 183 Å². The molecular formula is C35H20N4Na6O23S6. The van der Waals surface area contributed by atoms with Crippen LogP contribution in [0.1, 0.15) is 20.7 Å². The predicted octanol–water partition coefficient (Wildman–Crippen LogP) is -17.0. The molecule has 27 nitrogen and oxygen atoms in total. The zero-order valence-corrected chi connectivity index (χ0v) is 55.4. The van der Waals surface area contributed by atoms with Crippen LogP contribution < -0.4 is 199 Å². The molecule has 0 fully saturated rings. The van der Waals surface area contributed by atoms with Gasteiger partial charge in [0.05, 0.1) is 51.9 Å². The smallest absolute Gasteiger partial charge is 0.744 e. The molecule has 0 unspecified atom stereocenters. The standard InChI is InChI=1S/C35H26N4O23S6.6Na/c40-27-13-21(65(51,52)53)7-15-5-19(63(45,46)47)11-25(31(15)27)38-33(42)23-3-1-17(9-29(23)67(57,58)59)36-35(44)37-18-2-4-24(30(10-18)68(60,61)62)34(43)39-26-12-20(64(48,49)50)6-16-8-22(66(54,55)56)14-28(41)32(16)26;;;;;;/h1-14,40-41H,(H,38,42)(H,39,43)(H2,36,37,44)(H,45,46,47)(H,48,49,50)(H,51,52,53)(H,54,55,56)(H,57,58,59)(H,60,61,62);;;;;;/q;6*+1/p-6. The van der Waals surface area contributed by atoms with Gasteiger partial charge in [-0.15, -0.1) is 0 Å². The maximum absolute atomic E-state index is 13.4. The van der Waals surface area contributed by atoms with Gasteiger partial charge in [-0.25, -0.2) is 55.3 Å². The van der Waals surface area contributed by atoms with Gasteiger partial charge in [0.1, 0.15) is 72.2 Å². The Kier molecular flexibility index (Phi) is 26.7. The van der Waals surface area contributed by atoms with Crippen molar-refractivity contribution in [1.82, 2.24) is 0 Å². The fourth-order valence-corrected chi connectivity index (χ4v) is 9.84. The Morgan fingerprint density at radius 1 is 0.365 bits per heavy atom. The molecule has 0 heterocycles. The molecule has 6 aromatic carbocycles. The Balaban J connectivity index is 0.00000888. The van der Waals surface area contributed by atoms with Crippen molar-refractivity contribution in [3.05, 3.63) is 96.1 Å². The van der Waals surface area contributed by atoms with Gasteiger partial charge in [-0.1, -0.05) is 0 Å². The number of hydrogen-bond donors (Lipinski definition) is 6. The predicted molar refractivity (Wildman–Crippen MR) is 220 cm³/mol. The number of nitrogens with one attached hydrogen (secondary N) is 4. The molecule has 0 atom stereocenters. The number of benzene rings is 6. The average Bonchev–Trinajstić information content (AvgIpc) is 3.18. The van der Waals surface area contributed by atoms with Crippen molar-refractivity contribution in [2.24, 2.45) is 0 Å². The summed E-state index contributed by atoms with van der Waals surface area (Å²) in [4.78, 5) is 32.6. The number of fused-ring (bicyclic) bond motifs is 2. The number of carbonyl (C=O) groups excluding carboxylic acids is 3. The fourth-order valence-electron chi connectivity index (χ4n) is 6.31. The van der Waals surface area contributed by atoms with Gasteiger partial charge in [-0.3, -0.25) is 9.59 Å². The molecule has 0 aromatic heterocycles. The molecule has 6 N–H and O–H groups in total. The van der Waals surface area contributed by atoms with E-state index in [4.69, 9.17) is 0 Å². The van der Waals surface area contributed by atoms with E-state index in [0.717, 1.165) is 12.1 Å². The zero-order chi connectivity index (χ0) is 50.9. The molecule has 0 aliphatic carbocycles. The summed E-state index contributed by atoms with van der Waals surface area (Å²) < 4.78 is 215. The molecule has 0 spiro atoms. The molecule has 0 saturated carbocycles. The molecule has 4 amide bonds. The summed E-state index contributed by atoms with van der Waals surface area (Å²) in [6.07, 6.45) is 0. The fraction of sp³-hybridized carbons (Fsp3) is 0. The maximum Gasteiger partial charge on any atom is 1.00 e. The molecule has 6 aromatic rings. The van der Waals surface area contributed by atoms with E-state index in [-0.39, 0.29) is 177 Å². The third-order valence-electron chi connectivity index (χ3n) is 9.11. The summed E-state index contributed by atoms with van der Waals surface area (Å²) in [5, 5.41) is 26.7. The van der Waals surface area contributed by atoms with E-state index in [0.29, 0.717) is 72.8 Å². The number of aromatic hydroxyl groups is 2. The van der Waals surface area contributed by atoms with Gasteiger partial charge < -0.3 is 58.8 Å². The van der Waals surface area contributed by atoms with E-state index in [1.165, 1.54) is 0 Å². The van der Waals surface area contributed by atoms with Gasteiger partial charge in [0, 0.05) is 22.1 Å². The molecule has 0 radical (unpaired) electrons. The number of urea groups is 1. The molecule has 0 aliphatic rings. The van der Waals surface area contributed by atoms with E-state index >= 15 is 0 Å². The van der Waals surface area contributed by atoms with Crippen LogP contribution in [-0.2, 0) is 60.7 Å². The topological polar surface area (TPSA) is 483 Å². The first-order valence-corrected chi connectivity index (χ1v) is 25.8. The first kappa shape index (κ1) is 73.1. The SMILES string of the molecule is O=C(Nc1ccc(C(=O)Nc2cc(S(=O)(=O)[O-])cc3cc(S(=O)(=O)[O-])cc(O)c23)c(S(=O)(=O)[O-])c1)Nc1ccc(C(=O)Nc2cc(S(=O)(=O)[O-])cc3cc(S(=O)(=O)[O-])cc(O)c23)c(S(=O)(=O)[O-])c1.[Na+].[Na+].[Na+].[Na+].[Na+].[Na+]. The molecule has 0 saturated heterocycles. The van der Waals surface area contributed by atoms with Crippen molar-refractivity contribution in [2.75, 3.05) is 21.3 Å². The second-order valence-corrected chi connectivity index (χ2v) is 21.9. The van der Waals surface area contributed by atoms with Crippen molar-refractivity contribution in [3.8, 4) is 11.5 Å². The van der Waals surface area contributed by atoms with Crippen LogP contribution in [0.4, 0.5) is 27.5 Å². The Labute approximate surface area is 552 Å². The summed E-state index contributed by atoms with van der Waals surface area (Å²) in [6, 6.07) is 6.27. The molecule has 360 valence electrons. The van der Waals surface area contributed by atoms with Crippen molar-refractivity contribution >= 4 is 123 Å². The summed E-state index contributed by atoms with van der Waals surface area (Å²) in [6.45, 7) is 0. The summed E-state index contributed by atoms with van der Waals surface area (Å²) in [7, 11) is -32.8. The Morgan fingerprint density at radius 2 is 0.635 bits per heavy atom. The van der Waals surface area contributed by atoms with Crippen molar-refractivity contribution < 1.29 is 280 Å². The first-order chi connectivity index (χ1) is 31.0. The molecular weight excluding hydrogens is 1170 g/mol. The average molecular weight is 1190 g/mol. The second-order valence-electron chi connectivity index (χ2n) is 13.7. The summed E-state index contributed by atoms with van der Waals surface area (Å²) in [5.41, 5.74) is -4.77. The van der Waals surface area contributed by atoms with Crippen LogP contribution in [-0.4, -0.2) is 106 Å². The third kappa shape index (κ3) is 17.6. The van der Waals surface area contributed by atoms with Crippen LogP contribution in [0.2, 0.25) is 0 Å². The van der Waals surface area contributed by atoms with E-state index < -0.39 is 175 Å². The van der Waals surface area contributed by atoms with Crippen molar-refractivity contribution in [3.63, 3.8) is 0 Å². The summed E-state index contributed by atoms with van der Waals surface area (Å²) >= 11 is 0. The minimum atomic E-state index is -5.70. The van der Waals surface area contributed by atoms with Crippen LogP contribution in [0.25, 0.3) is 21.5 Å². The van der Waals surface area contributed by atoms with Crippen LogP contribution in [0.5, 0.6) is 11.5 Å². The molecule has 0 bridgehead atoms. The second kappa shape index (κ2) is 27.0. The summed E-state index contributed by atoms with van der Waals surface area (Å²) in [5.74, 6) is -5.22. The van der Waals surface area contributed by atoms with E-state index in [1.54, 1.807) is 0 Å². The Morgan fingerprint density at radius 3 is 0.892 bits per heavy atom. The van der Waals surface area contributed by atoms with E-state index in [1.807, 2.05) is 21.3 Å². The largest absolute Gasteiger partial charge is 1.00 e. The van der Waals surface area contributed by atoms with Crippen LogP contribution in [0, 0.1) is 0 Å². The monoisotopic (exact) mass is 1190 g/mol. The molecule has 39 heteroatoms. The van der Waals surface area contributed by atoms with Crippen molar-refractivity contribution in [1.29, 1.82) is 0 Å². The van der Waals surface area contributed by atoms with Gasteiger partial charge in [0.2, 0.25) is 0 Å². The number of phenolic OH excluding ortho intramolecular Hbond substituents is 2. The van der Waals surface area contributed by atoms with Gasteiger partial charge in [0.25, 0.3) is 11.8 Å². The zero-order valence-electron chi connectivity index (χ0n) is 38.5. The number of carbonyl (C=O) groups is 3. The molecule has 74 heavy (non-hydrogen) atoms. The van der Waals surface area contributed by atoms with Gasteiger partial charge in [0.15, 0.2) is 0 Å². The Hall–Kier alpha value is -0.890. The molecule has 6 rings (SSSR count). The minimum Gasteiger partial charge on any atom is -0.744 e. The number of anilines is 4. The van der Waals surface area contributed by atoms with Crippen molar-refractivity contribution in [2.45, 2.75) is 29.4 Å². The van der Waals surface area contributed by atoms with E-state index in [2.05, 4.69) is 0 Å². The van der Waals surface area contributed by atoms with Gasteiger partial charge in [-0.2, -0.15) is 0 Å². The molecule has 0 aliphatic heterocycles. The minimum absolute atomic E-state index is 0. The number of phenols is 2. The van der Waals surface area contributed by atoms with E-state index in [9.17, 15) is 102 Å². The number of amides is 4. The van der Waals surface area contributed by atoms with Gasteiger partial charge in [-0.05, 0) is 95.7 Å².